The summed E-state index contributed by atoms with van der Waals surface area (Å²) in [7, 11) is 0. The van der Waals surface area contributed by atoms with Gasteiger partial charge in [0.15, 0.2) is 0 Å². The maximum absolute atomic E-state index is 3.95. The van der Waals surface area contributed by atoms with Crippen LogP contribution in [-0.4, -0.2) is 25.2 Å². The molecule has 0 spiro atoms. The molecule has 2 fully saturated rings. The van der Waals surface area contributed by atoms with Crippen LogP contribution in [-0.2, 0) is 0 Å². The third kappa shape index (κ3) is 3.96. The van der Waals surface area contributed by atoms with Gasteiger partial charge >= 0.3 is 0 Å². The van der Waals surface area contributed by atoms with E-state index in [-0.39, 0.29) is 0 Å². The van der Waals surface area contributed by atoms with Gasteiger partial charge < -0.3 is 10.2 Å². The zero-order valence-electron chi connectivity index (χ0n) is 16.1. The van der Waals surface area contributed by atoms with Crippen LogP contribution in [0.5, 0.6) is 0 Å². The summed E-state index contributed by atoms with van der Waals surface area (Å²) >= 11 is 0. The van der Waals surface area contributed by atoms with Crippen LogP contribution >= 0.6 is 0 Å². The van der Waals surface area contributed by atoms with Crippen molar-refractivity contribution in [3.05, 3.63) is 54.1 Å². The van der Waals surface area contributed by atoms with Crippen molar-refractivity contribution < 1.29 is 0 Å². The second-order valence-electron chi connectivity index (χ2n) is 8.08. The first kappa shape index (κ1) is 17.6. The summed E-state index contributed by atoms with van der Waals surface area (Å²) in [5.74, 6) is 0. The molecule has 2 heteroatoms. The van der Waals surface area contributed by atoms with Crippen molar-refractivity contribution in [2.24, 2.45) is 0 Å². The Kier molecular flexibility index (Phi) is 5.59. The highest BCUT2D eigenvalue weighted by molar-refractivity contribution is 5.74. The maximum atomic E-state index is 3.95. The summed E-state index contributed by atoms with van der Waals surface area (Å²) in [6, 6.07) is 19.0. The second-order valence-corrected chi connectivity index (χ2v) is 8.08. The van der Waals surface area contributed by atoms with Crippen LogP contribution in [0.1, 0.15) is 50.5 Å². The maximum Gasteiger partial charge on any atom is 0.0402 e. The molecule has 26 heavy (non-hydrogen) atoms. The van der Waals surface area contributed by atoms with E-state index >= 15 is 0 Å². The fourth-order valence-electron chi connectivity index (χ4n) is 4.79. The predicted molar refractivity (Wildman–Crippen MR) is 112 cm³/mol. The van der Waals surface area contributed by atoms with Gasteiger partial charge in [-0.3, -0.25) is 0 Å². The number of benzene rings is 2. The molecule has 1 saturated carbocycles. The largest absolute Gasteiger partial charge is 0.371 e. The van der Waals surface area contributed by atoms with E-state index in [1.165, 1.54) is 80.4 Å². The van der Waals surface area contributed by atoms with Crippen LogP contribution in [0, 0.1) is 6.92 Å². The summed E-state index contributed by atoms with van der Waals surface area (Å²) in [6.07, 6.45) is 9.59. The SMILES string of the molecule is Cc1c(-c2ccccc2)cccc1N1CCC(NC2CCCCC2)CC1. The molecule has 1 aliphatic carbocycles. The Morgan fingerprint density at radius 1 is 0.769 bits per heavy atom. The lowest BCUT2D eigenvalue weighted by Gasteiger charge is -2.37. The van der Waals surface area contributed by atoms with E-state index in [2.05, 4.69) is 65.7 Å². The van der Waals surface area contributed by atoms with Crippen molar-refractivity contribution in [1.82, 2.24) is 5.32 Å². The molecule has 0 amide bonds. The molecule has 0 aromatic heterocycles. The number of rotatable bonds is 4. The quantitative estimate of drug-likeness (QED) is 0.779. The Balaban J connectivity index is 1.41. The molecule has 0 radical (unpaired) electrons. The summed E-state index contributed by atoms with van der Waals surface area (Å²) in [5.41, 5.74) is 5.52. The van der Waals surface area contributed by atoms with E-state index in [4.69, 9.17) is 0 Å². The van der Waals surface area contributed by atoms with Gasteiger partial charge in [0, 0.05) is 30.9 Å². The second kappa shape index (κ2) is 8.26. The Bertz CT molecular complexity index is 695. The van der Waals surface area contributed by atoms with E-state index in [0.29, 0.717) is 6.04 Å². The van der Waals surface area contributed by atoms with Gasteiger partial charge in [-0.25, -0.2) is 0 Å². The molecule has 2 aliphatic rings. The smallest absolute Gasteiger partial charge is 0.0402 e. The highest BCUT2D eigenvalue weighted by Gasteiger charge is 2.24. The van der Waals surface area contributed by atoms with Gasteiger partial charge in [0.2, 0.25) is 0 Å². The van der Waals surface area contributed by atoms with E-state index in [0.717, 1.165) is 6.04 Å². The topological polar surface area (TPSA) is 15.3 Å². The average Bonchev–Trinajstić information content (AvgIpc) is 2.70. The first-order valence-electron chi connectivity index (χ1n) is 10.5. The summed E-state index contributed by atoms with van der Waals surface area (Å²) in [5, 5.41) is 3.95. The van der Waals surface area contributed by atoms with Crippen LogP contribution in [0.3, 0.4) is 0 Å². The highest BCUT2D eigenvalue weighted by Crippen LogP contribution is 2.32. The fraction of sp³-hybridized carbons (Fsp3) is 0.500. The van der Waals surface area contributed by atoms with E-state index in [9.17, 15) is 0 Å². The minimum Gasteiger partial charge on any atom is -0.371 e. The molecule has 0 atom stereocenters. The van der Waals surface area contributed by atoms with Crippen molar-refractivity contribution >= 4 is 5.69 Å². The molecule has 2 aromatic rings. The fourth-order valence-corrected chi connectivity index (χ4v) is 4.79. The average molecular weight is 349 g/mol. The first-order chi connectivity index (χ1) is 12.8. The summed E-state index contributed by atoms with van der Waals surface area (Å²) < 4.78 is 0. The van der Waals surface area contributed by atoms with Crippen molar-refractivity contribution in [3.8, 4) is 11.1 Å². The van der Waals surface area contributed by atoms with Crippen molar-refractivity contribution in [2.75, 3.05) is 18.0 Å². The number of nitrogens with one attached hydrogen (secondary N) is 1. The standard InChI is InChI=1S/C24H32N2/c1-19-23(20-9-4-2-5-10-20)13-8-14-24(19)26-17-15-22(16-18-26)25-21-11-6-3-7-12-21/h2,4-5,8-10,13-14,21-22,25H,3,6-7,11-12,15-18H2,1H3. The predicted octanol–water partition coefficient (Wildman–Crippen LogP) is 5.55. The zero-order valence-corrected chi connectivity index (χ0v) is 16.1. The molecular weight excluding hydrogens is 316 g/mol. The molecule has 4 rings (SSSR count). The third-order valence-electron chi connectivity index (χ3n) is 6.30. The molecular formula is C24H32N2. The first-order valence-corrected chi connectivity index (χ1v) is 10.5. The lowest BCUT2D eigenvalue weighted by Crippen LogP contribution is -2.46. The van der Waals surface area contributed by atoms with Gasteiger partial charge in [0.1, 0.15) is 0 Å². The minimum absolute atomic E-state index is 0.715. The monoisotopic (exact) mass is 348 g/mol. The van der Waals surface area contributed by atoms with Crippen LogP contribution in [0.2, 0.25) is 0 Å². The lowest BCUT2D eigenvalue weighted by atomic mass is 9.93. The van der Waals surface area contributed by atoms with Crippen LogP contribution in [0.15, 0.2) is 48.5 Å². The summed E-state index contributed by atoms with van der Waals surface area (Å²) in [4.78, 5) is 2.60. The molecule has 1 aliphatic heterocycles. The molecule has 0 bridgehead atoms. The van der Waals surface area contributed by atoms with Gasteiger partial charge in [-0.2, -0.15) is 0 Å². The van der Waals surface area contributed by atoms with E-state index < -0.39 is 0 Å². The Labute approximate surface area is 158 Å². The number of anilines is 1. The van der Waals surface area contributed by atoms with Crippen molar-refractivity contribution in [1.29, 1.82) is 0 Å². The number of hydrogen-bond donors (Lipinski definition) is 1. The highest BCUT2D eigenvalue weighted by atomic mass is 15.2. The normalized spacial score (nSPS) is 19.7. The van der Waals surface area contributed by atoms with Gasteiger partial charge in [0.25, 0.3) is 0 Å². The molecule has 1 N–H and O–H groups in total. The lowest BCUT2D eigenvalue weighted by molar-refractivity contribution is 0.307. The Morgan fingerprint density at radius 3 is 2.19 bits per heavy atom. The van der Waals surface area contributed by atoms with Crippen molar-refractivity contribution in [2.45, 2.75) is 64.0 Å². The van der Waals surface area contributed by atoms with Gasteiger partial charge in [-0.15, -0.1) is 0 Å². The number of nitrogens with zero attached hydrogens (tertiary/aromatic N) is 1. The third-order valence-corrected chi connectivity index (χ3v) is 6.30. The molecule has 1 heterocycles. The van der Waals surface area contributed by atoms with E-state index in [1.807, 2.05) is 0 Å². The Hall–Kier alpha value is -1.80. The molecule has 138 valence electrons. The van der Waals surface area contributed by atoms with Gasteiger partial charge in [-0.1, -0.05) is 61.7 Å². The number of piperidine rings is 1. The van der Waals surface area contributed by atoms with Gasteiger partial charge in [-0.05, 0) is 55.4 Å². The summed E-state index contributed by atoms with van der Waals surface area (Å²) in [6.45, 7) is 4.62. The van der Waals surface area contributed by atoms with Crippen LogP contribution in [0.25, 0.3) is 11.1 Å². The molecule has 1 saturated heterocycles. The van der Waals surface area contributed by atoms with Crippen LogP contribution in [0.4, 0.5) is 5.69 Å². The molecule has 0 unspecified atom stereocenters. The van der Waals surface area contributed by atoms with Gasteiger partial charge in [0.05, 0.1) is 0 Å². The number of hydrogen-bond acceptors (Lipinski definition) is 2. The molecule has 2 nitrogen and oxygen atoms in total. The van der Waals surface area contributed by atoms with E-state index in [1.54, 1.807) is 0 Å². The van der Waals surface area contributed by atoms with Crippen LogP contribution < -0.4 is 10.2 Å². The zero-order chi connectivity index (χ0) is 17.8. The minimum atomic E-state index is 0.715. The Morgan fingerprint density at radius 2 is 1.46 bits per heavy atom. The molecule has 2 aromatic carbocycles. The van der Waals surface area contributed by atoms with Crippen molar-refractivity contribution in [3.63, 3.8) is 0 Å².